The van der Waals surface area contributed by atoms with Gasteiger partial charge >= 0.3 is 11.9 Å². The van der Waals surface area contributed by atoms with Crippen molar-refractivity contribution in [2.45, 2.75) is 56.7 Å². The number of carbonyl (C=O) groups excluding carboxylic acids is 2. The van der Waals surface area contributed by atoms with Gasteiger partial charge in [-0.1, -0.05) is 12.2 Å². The molecule has 0 N–H and O–H groups in total. The van der Waals surface area contributed by atoms with E-state index in [1.165, 1.54) is 0 Å². The molecule has 2 heterocycles. The summed E-state index contributed by atoms with van der Waals surface area (Å²) in [6.45, 7) is 7.47. The zero-order chi connectivity index (χ0) is 15.9. The van der Waals surface area contributed by atoms with Crippen molar-refractivity contribution in [2.75, 3.05) is 6.61 Å². The summed E-state index contributed by atoms with van der Waals surface area (Å²) in [5, 5.41) is 0. The molecule has 0 radical (unpaired) electrons. The minimum atomic E-state index is -0.569. The molecule has 0 aromatic heterocycles. The lowest BCUT2D eigenvalue weighted by molar-refractivity contribution is -0.210. The van der Waals surface area contributed by atoms with Crippen LogP contribution in [0.1, 0.15) is 32.1 Å². The summed E-state index contributed by atoms with van der Waals surface area (Å²) >= 11 is 0. The summed E-state index contributed by atoms with van der Waals surface area (Å²) in [6.07, 6.45) is 3.53. The number of rotatable bonds is 8. The quantitative estimate of drug-likeness (QED) is 0.503. The van der Waals surface area contributed by atoms with Gasteiger partial charge < -0.3 is 18.9 Å². The predicted octanol–water partition coefficient (Wildman–Crippen LogP) is 1.89. The molecule has 2 aliphatic rings. The van der Waals surface area contributed by atoms with Crippen molar-refractivity contribution >= 4 is 11.9 Å². The third-order valence-electron chi connectivity index (χ3n) is 3.59. The van der Waals surface area contributed by atoms with Crippen LogP contribution >= 0.6 is 0 Å². The molecule has 6 heteroatoms. The first-order valence-corrected chi connectivity index (χ1v) is 7.52. The molecule has 4 unspecified atom stereocenters. The lowest BCUT2D eigenvalue weighted by atomic mass is 10.0. The van der Waals surface area contributed by atoms with Gasteiger partial charge in [0.15, 0.2) is 12.4 Å². The molecule has 0 spiro atoms. The zero-order valence-corrected chi connectivity index (χ0v) is 12.6. The van der Waals surface area contributed by atoms with Crippen molar-refractivity contribution < 1.29 is 28.5 Å². The second-order valence-electron chi connectivity index (χ2n) is 5.32. The molecule has 2 saturated heterocycles. The maximum atomic E-state index is 11.7. The van der Waals surface area contributed by atoms with Crippen molar-refractivity contribution in [1.29, 1.82) is 0 Å². The lowest BCUT2D eigenvalue weighted by Gasteiger charge is -2.32. The van der Waals surface area contributed by atoms with Gasteiger partial charge in [-0.05, 0) is 12.8 Å². The SMILES string of the molecule is C=CCCC(=O)OC1CC(OC(=O)CCC=C)C2OCC1O2. The van der Waals surface area contributed by atoms with Gasteiger partial charge in [0.05, 0.1) is 6.61 Å². The Labute approximate surface area is 130 Å². The summed E-state index contributed by atoms with van der Waals surface area (Å²) < 4.78 is 21.9. The van der Waals surface area contributed by atoms with Gasteiger partial charge in [-0.2, -0.15) is 0 Å². The minimum absolute atomic E-state index is 0.264. The van der Waals surface area contributed by atoms with Gasteiger partial charge in [0.25, 0.3) is 0 Å². The Balaban J connectivity index is 1.87. The molecule has 2 aliphatic heterocycles. The van der Waals surface area contributed by atoms with Crippen molar-refractivity contribution in [1.82, 2.24) is 0 Å². The summed E-state index contributed by atoms with van der Waals surface area (Å²) in [5.41, 5.74) is 0. The average Bonchev–Trinajstić information content (AvgIpc) is 2.93. The molecule has 122 valence electrons. The molecule has 0 aliphatic carbocycles. The first kappa shape index (κ1) is 16.7. The first-order chi connectivity index (χ1) is 10.6. The molecule has 2 rings (SSSR count). The number of hydrogen-bond acceptors (Lipinski definition) is 6. The number of esters is 2. The van der Waals surface area contributed by atoms with Crippen LogP contribution in [0.3, 0.4) is 0 Å². The molecular weight excluding hydrogens is 288 g/mol. The van der Waals surface area contributed by atoms with E-state index in [9.17, 15) is 9.59 Å². The van der Waals surface area contributed by atoms with Crippen LogP contribution in [0.5, 0.6) is 0 Å². The van der Waals surface area contributed by atoms with Crippen LogP contribution < -0.4 is 0 Å². The average molecular weight is 310 g/mol. The maximum Gasteiger partial charge on any atom is 0.306 e. The van der Waals surface area contributed by atoms with Gasteiger partial charge in [0, 0.05) is 19.3 Å². The van der Waals surface area contributed by atoms with E-state index in [0.717, 1.165) is 0 Å². The third-order valence-corrected chi connectivity index (χ3v) is 3.59. The molecule has 6 nitrogen and oxygen atoms in total. The smallest absolute Gasteiger partial charge is 0.306 e. The van der Waals surface area contributed by atoms with E-state index in [1.807, 2.05) is 0 Å². The topological polar surface area (TPSA) is 71.1 Å². The zero-order valence-electron chi connectivity index (χ0n) is 12.6. The van der Waals surface area contributed by atoms with Gasteiger partial charge in [-0.25, -0.2) is 0 Å². The van der Waals surface area contributed by atoms with E-state index in [0.29, 0.717) is 25.9 Å². The van der Waals surface area contributed by atoms with Crippen molar-refractivity contribution in [3.8, 4) is 0 Å². The molecule has 0 amide bonds. The fraction of sp³-hybridized carbons (Fsp3) is 0.625. The van der Waals surface area contributed by atoms with Crippen LogP contribution in [-0.4, -0.2) is 43.1 Å². The molecule has 2 fully saturated rings. The van der Waals surface area contributed by atoms with Crippen LogP contribution in [0.4, 0.5) is 0 Å². The van der Waals surface area contributed by atoms with E-state index in [2.05, 4.69) is 13.2 Å². The molecule has 2 bridgehead atoms. The lowest BCUT2D eigenvalue weighted by Crippen LogP contribution is -2.45. The third kappa shape index (κ3) is 4.42. The number of fused-ring (bicyclic) bond motifs is 2. The molecular formula is C16H22O6. The Kier molecular flexibility index (Phi) is 6.15. The van der Waals surface area contributed by atoms with Crippen LogP contribution in [0.15, 0.2) is 25.3 Å². The number of ether oxygens (including phenoxy) is 4. The van der Waals surface area contributed by atoms with Crippen LogP contribution in [0.25, 0.3) is 0 Å². The predicted molar refractivity (Wildman–Crippen MR) is 77.9 cm³/mol. The Morgan fingerprint density at radius 3 is 2.23 bits per heavy atom. The number of carbonyl (C=O) groups is 2. The summed E-state index contributed by atoms with van der Waals surface area (Å²) in [5.74, 6) is -0.644. The fourth-order valence-electron chi connectivity index (χ4n) is 2.45. The summed E-state index contributed by atoms with van der Waals surface area (Å²) in [7, 11) is 0. The van der Waals surface area contributed by atoms with E-state index in [4.69, 9.17) is 18.9 Å². The molecule has 0 saturated carbocycles. The van der Waals surface area contributed by atoms with Gasteiger partial charge in [0.1, 0.15) is 12.2 Å². The van der Waals surface area contributed by atoms with Crippen LogP contribution in [0.2, 0.25) is 0 Å². The Morgan fingerprint density at radius 1 is 1.05 bits per heavy atom. The normalized spacial score (nSPS) is 29.6. The highest BCUT2D eigenvalue weighted by atomic mass is 16.8. The largest absolute Gasteiger partial charge is 0.459 e. The Hall–Kier alpha value is -1.66. The molecule has 22 heavy (non-hydrogen) atoms. The van der Waals surface area contributed by atoms with Gasteiger partial charge in [-0.15, -0.1) is 13.2 Å². The second kappa shape index (κ2) is 8.10. The van der Waals surface area contributed by atoms with Crippen molar-refractivity contribution in [3.05, 3.63) is 25.3 Å². The number of hydrogen-bond donors (Lipinski definition) is 0. The van der Waals surface area contributed by atoms with Crippen molar-refractivity contribution in [2.24, 2.45) is 0 Å². The maximum absolute atomic E-state index is 11.7. The molecule has 0 aromatic carbocycles. The van der Waals surface area contributed by atoms with E-state index in [1.54, 1.807) is 12.2 Å². The Morgan fingerprint density at radius 2 is 1.64 bits per heavy atom. The van der Waals surface area contributed by atoms with E-state index in [-0.39, 0.29) is 30.9 Å². The Bertz CT molecular complexity index is 394. The highest BCUT2D eigenvalue weighted by molar-refractivity contribution is 5.70. The van der Waals surface area contributed by atoms with Crippen LogP contribution in [0, 0.1) is 0 Å². The van der Waals surface area contributed by atoms with Gasteiger partial charge in [0.2, 0.25) is 0 Å². The minimum Gasteiger partial charge on any atom is -0.459 e. The number of allylic oxidation sites excluding steroid dienone is 2. The standard InChI is InChI=1S/C16H22O6/c1-3-5-7-14(17)20-11-9-12(16-19-10-13(11)22-16)21-15(18)8-6-4-2/h3-4,11-13,16H,1-2,5-10H2. The fourth-order valence-corrected chi connectivity index (χ4v) is 2.45. The summed E-state index contributed by atoms with van der Waals surface area (Å²) in [6, 6.07) is 0. The molecule has 4 atom stereocenters. The van der Waals surface area contributed by atoms with Crippen LogP contribution in [-0.2, 0) is 28.5 Å². The van der Waals surface area contributed by atoms with E-state index >= 15 is 0 Å². The summed E-state index contributed by atoms with van der Waals surface area (Å²) in [4.78, 5) is 23.4. The highest BCUT2D eigenvalue weighted by Crippen LogP contribution is 2.31. The first-order valence-electron chi connectivity index (χ1n) is 7.52. The van der Waals surface area contributed by atoms with Gasteiger partial charge in [-0.3, -0.25) is 9.59 Å². The highest BCUT2D eigenvalue weighted by Gasteiger charge is 2.47. The monoisotopic (exact) mass is 310 g/mol. The van der Waals surface area contributed by atoms with Crippen molar-refractivity contribution in [3.63, 3.8) is 0 Å². The second-order valence-corrected chi connectivity index (χ2v) is 5.32. The van der Waals surface area contributed by atoms with E-state index < -0.39 is 18.5 Å². The molecule has 0 aromatic rings.